The van der Waals surface area contributed by atoms with Crippen molar-refractivity contribution in [2.45, 2.75) is 38.6 Å². The van der Waals surface area contributed by atoms with E-state index in [-0.39, 0.29) is 31.1 Å². The van der Waals surface area contributed by atoms with Gasteiger partial charge in [0.15, 0.2) is 0 Å². The number of imide groups is 1. The maximum absolute atomic E-state index is 12.0. The minimum Gasteiger partial charge on any atom is -0.395 e. The molecular formula is C16H30N4O3. The minimum atomic E-state index is -0.368. The number of nitrogens with one attached hydrogen (secondary N) is 2. The second-order valence-corrected chi connectivity index (χ2v) is 6.73. The number of hydrogen-bond donors (Lipinski definition) is 3. The molecule has 23 heavy (non-hydrogen) atoms. The molecule has 1 heterocycles. The highest BCUT2D eigenvalue weighted by atomic mass is 16.3. The second kappa shape index (κ2) is 9.20. The molecule has 7 nitrogen and oxygen atoms in total. The van der Waals surface area contributed by atoms with Crippen molar-refractivity contribution in [3.8, 4) is 0 Å². The Morgan fingerprint density at radius 3 is 2.39 bits per heavy atom. The molecule has 1 saturated heterocycles. The van der Waals surface area contributed by atoms with Crippen molar-refractivity contribution >= 4 is 11.9 Å². The first kappa shape index (κ1) is 18.2. The first-order chi connectivity index (χ1) is 11.1. The summed E-state index contributed by atoms with van der Waals surface area (Å²) in [7, 11) is 0. The molecular weight excluding hydrogens is 296 g/mol. The van der Waals surface area contributed by atoms with Gasteiger partial charge in [0.05, 0.1) is 13.2 Å². The van der Waals surface area contributed by atoms with Crippen LogP contribution in [0.3, 0.4) is 0 Å². The SMILES string of the molecule is CC1CCCCC1NC(=O)NC(=O)CN1CCN(CCO)CC1. The number of aliphatic hydroxyl groups is 1. The monoisotopic (exact) mass is 326 g/mol. The zero-order chi connectivity index (χ0) is 16.7. The van der Waals surface area contributed by atoms with E-state index < -0.39 is 0 Å². The van der Waals surface area contributed by atoms with Crippen LogP contribution < -0.4 is 10.6 Å². The quantitative estimate of drug-likeness (QED) is 0.662. The van der Waals surface area contributed by atoms with Gasteiger partial charge in [-0.3, -0.25) is 19.9 Å². The maximum Gasteiger partial charge on any atom is 0.321 e. The molecule has 3 N–H and O–H groups in total. The number of carbonyl (C=O) groups is 2. The van der Waals surface area contributed by atoms with Crippen LogP contribution in [0.15, 0.2) is 0 Å². The summed E-state index contributed by atoms with van der Waals surface area (Å²) in [6.45, 7) is 6.52. The maximum atomic E-state index is 12.0. The van der Waals surface area contributed by atoms with Crippen molar-refractivity contribution in [3.63, 3.8) is 0 Å². The lowest BCUT2D eigenvalue weighted by Crippen LogP contribution is -2.53. The van der Waals surface area contributed by atoms with Crippen LogP contribution in [-0.2, 0) is 4.79 Å². The van der Waals surface area contributed by atoms with Crippen LogP contribution in [0.1, 0.15) is 32.6 Å². The zero-order valence-electron chi connectivity index (χ0n) is 14.1. The standard InChI is InChI=1S/C16H30N4O3/c1-13-4-2-3-5-14(13)17-16(23)18-15(22)12-20-8-6-19(7-9-20)10-11-21/h13-14,21H,2-12H2,1H3,(H2,17,18,22,23). The van der Waals surface area contributed by atoms with Crippen LogP contribution in [0.5, 0.6) is 0 Å². The van der Waals surface area contributed by atoms with E-state index in [0.29, 0.717) is 12.5 Å². The Hall–Kier alpha value is -1.18. The summed E-state index contributed by atoms with van der Waals surface area (Å²) in [6, 6.07) is -0.189. The lowest BCUT2D eigenvalue weighted by atomic mass is 9.86. The molecule has 0 aromatic rings. The smallest absolute Gasteiger partial charge is 0.321 e. The van der Waals surface area contributed by atoms with Crippen molar-refractivity contribution in [1.82, 2.24) is 20.4 Å². The molecule has 0 aromatic heterocycles. The van der Waals surface area contributed by atoms with Crippen LogP contribution in [0.4, 0.5) is 4.79 Å². The molecule has 132 valence electrons. The molecule has 2 atom stereocenters. The van der Waals surface area contributed by atoms with Gasteiger partial charge in [0, 0.05) is 38.8 Å². The van der Waals surface area contributed by atoms with Crippen molar-refractivity contribution in [1.29, 1.82) is 0 Å². The summed E-state index contributed by atoms with van der Waals surface area (Å²) >= 11 is 0. The van der Waals surface area contributed by atoms with Crippen LogP contribution in [0.2, 0.25) is 0 Å². The number of urea groups is 1. The van der Waals surface area contributed by atoms with Gasteiger partial charge >= 0.3 is 6.03 Å². The predicted molar refractivity (Wildman–Crippen MR) is 88.1 cm³/mol. The average molecular weight is 326 g/mol. The number of amides is 3. The van der Waals surface area contributed by atoms with Crippen LogP contribution in [0.25, 0.3) is 0 Å². The fourth-order valence-electron chi connectivity index (χ4n) is 3.42. The highest BCUT2D eigenvalue weighted by Crippen LogP contribution is 2.23. The molecule has 1 aliphatic heterocycles. The van der Waals surface area contributed by atoms with E-state index in [1.54, 1.807) is 0 Å². The number of piperazine rings is 1. The van der Waals surface area contributed by atoms with E-state index in [0.717, 1.165) is 45.4 Å². The Morgan fingerprint density at radius 2 is 1.74 bits per heavy atom. The number of rotatable bonds is 5. The molecule has 0 bridgehead atoms. The number of β-amino-alcohol motifs (C(OH)–C–C–N with tert-alkyl or cyclic N) is 1. The number of carbonyl (C=O) groups excluding carboxylic acids is 2. The lowest BCUT2D eigenvalue weighted by molar-refractivity contribution is -0.121. The van der Waals surface area contributed by atoms with Gasteiger partial charge in [-0.2, -0.15) is 0 Å². The molecule has 0 spiro atoms. The summed E-state index contributed by atoms with van der Waals surface area (Å²) in [4.78, 5) is 28.1. The summed E-state index contributed by atoms with van der Waals surface area (Å²) in [5.41, 5.74) is 0. The van der Waals surface area contributed by atoms with Crippen LogP contribution >= 0.6 is 0 Å². The van der Waals surface area contributed by atoms with Crippen molar-refractivity contribution < 1.29 is 14.7 Å². The lowest BCUT2D eigenvalue weighted by Gasteiger charge is -2.33. The van der Waals surface area contributed by atoms with E-state index in [2.05, 4.69) is 22.5 Å². The Labute approximate surface area is 138 Å². The topological polar surface area (TPSA) is 84.9 Å². The zero-order valence-corrected chi connectivity index (χ0v) is 14.1. The first-order valence-electron chi connectivity index (χ1n) is 8.74. The molecule has 2 fully saturated rings. The normalized spacial score (nSPS) is 26.7. The van der Waals surface area contributed by atoms with Gasteiger partial charge in [-0.05, 0) is 18.8 Å². The van der Waals surface area contributed by atoms with Gasteiger partial charge in [0.1, 0.15) is 0 Å². The molecule has 0 radical (unpaired) electrons. The van der Waals surface area contributed by atoms with Crippen molar-refractivity contribution in [3.05, 3.63) is 0 Å². The fourth-order valence-corrected chi connectivity index (χ4v) is 3.42. The molecule has 0 aromatic carbocycles. The summed E-state index contributed by atoms with van der Waals surface area (Å²) in [5.74, 6) is 0.228. The van der Waals surface area contributed by atoms with Crippen molar-refractivity contribution in [2.24, 2.45) is 5.92 Å². The van der Waals surface area contributed by atoms with E-state index in [4.69, 9.17) is 5.11 Å². The molecule has 2 unspecified atom stereocenters. The summed E-state index contributed by atoms with van der Waals surface area (Å²) in [5, 5.41) is 14.3. The molecule has 2 rings (SSSR count). The Balaban J connectivity index is 1.65. The summed E-state index contributed by atoms with van der Waals surface area (Å²) < 4.78 is 0. The molecule has 1 saturated carbocycles. The number of nitrogens with zero attached hydrogens (tertiary/aromatic N) is 2. The van der Waals surface area contributed by atoms with E-state index >= 15 is 0 Å². The highest BCUT2D eigenvalue weighted by Gasteiger charge is 2.24. The molecule has 2 aliphatic rings. The fraction of sp³-hybridized carbons (Fsp3) is 0.875. The third-order valence-corrected chi connectivity index (χ3v) is 4.93. The van der Waals surface area contributed by atoms with Crippen LogP contribution in [-0.4, -0.2) is 78.8 Å². The van der Waals surface area contributed by atoms with Crippen LogP contribution in [0, 0.1) is 5.92 Å². The largest absolute Gasteiger partial charge is 0.395 e. The van der Waals surface area contributed by atoms with Gasteiger partial charge < -0.3 is 10.4 Å². The molecule has 1 aliphatic carbocycles. The van der Waals surface area contributed by atoms with E-state index in [9.17, 15) is 9.59 Å². The number of aliphatic hydroxyl groups excluding tert-OH is 1. The third kappa shape index (κ3) is 6.08. The Morgan fingerprint density at radius 1 is 1.09 bits per heavy atom. The van der Waals surface area contributed by atoms with Gasteiger partial charge in [-0.1, -0.05) is 19.8 Å². The second-order valence-electron chi connectivity index (χ2n) is 6.73. The minimum absolute atomic E-state index is 0.167. The highest BCUT2D eigenvalue weighted by molar-refractivity contribution is 5.95. The van der Waals surface area contributed by atoms with Gasteiger partial charge in [0.2, 0.25) is 5.91 Å². The Bertz CT molecular complexity index is 397. The van der Waals surface area contributed by atoms with Crippen molar-refractivity contribution in [2.75, 3.05) is 45.9 Å². The average Bonchev–Trinajstić information content (AvgIpc) is 2.51. The third-order valence-electron chi connectivity index (χ3n) is 4.93. The van der Waals surface area contributed by atoms with E-state index in [1.165, 1.54) is 6.42 Å². The van der Waals surface area contributed by atoms with Gasteiger partial charge in [0.25, 0.3) is 0 Å². The number of hydrogen-bond acceptors (Lipinski definition) is 5. The predicted octanol–water partition coefficient (Wildman–Crippen LogP) is 0.000800. The van der Waals surface area contributed by atoms with E-state index in [1.807, 2.05) is 4.90 Å². The first-order valence-corrected chi connectivity index (χ1v) is 8.74. The Kier molecular flexibility index (Phi) is 7.26. The molecule has 3 amide bonds. The van der Waals surface area contributed by atoms with Gasteiger partial charge in [-0.15, -0.1) is 0 Å². The summed E-state index contributed by atoms with van der Waals surface area (Å²) in [6.07, 6.45) is 4.50. The van der Waals surface area contributed by atoms with Gasteiger partial charge in [-0.25, -0.2) is 4.79 Å². The molecule has 7 heteroatoms.